The molecule has 0 saturated carbocycles. The summed E-state index contributed by atoms with van der Waals surface area (Å²) in [5.74, 6) is 1.77. The zero-order valence-corrected chi connectivity index (χ0v) is 20.3. The van der Waals surface area contributed by atoms with Crippen molar-refractivity contribution < 1.29 is 4.74 Å². The predicted octanol–water partition coefficient (Wildman–Crippen LogP) is 4.79. The van der Waals surface area contributed by atoms with Crippen LogP contribution in [-0.2, 0) is 0 Å². The normalized spacial score (nSPS) is 19.9. The van der Waals surface area contributed by atoms with Crippen LogP contribution in [0.15, 0.2) is 72.4 Å². The van der Waals surface area contributed by atoms with Gasteiger partial charge in [-0.1, -0.05) is 47.6 Å². The quantitative estimate of drug-likeness (QED) is 0.374. The molecule has 178 valence electrons. The van der Waals surface area contributed by atoms with Crippen molar-refractivity contribution in [3.8, 4) is 5.75 Å². The maximum Gasteiger partial charge on any atom is 0.141 e. The van der Waals surface area contributed by atoms with Crippen LogP contribution in [-0.4, -0.2) is 50.6 Å². The van der Waals surface area contributed by atoms with Crippen molar-refractivity contribution in [1.82, 2.24) is 14.3 Å². The molecule has 2 unspecified atom stereocenters. The fraction of sp³-hybridized carbons (Fsp3) is 0.308. The highest BCUT2D eigenvalue weighted by Gasteiger charge is 2.24. The molecular formula is C26H32N6OS. The molecular weight excluding hydrogens is 444 g/mol. The minimum absolute atomic E-state index is 0.0181. The molecule has 1 aliphatic carbocycles. The van der Waals surface area contributed by atoms with Gasteiger partial charge in [0, 0.05) is 25.6 Å². The number of nitrogens with zero attached hydrogens (tertiary/aromatic N) is 3. The Labute approximate surface area is 204 Å². The van der Waals surface area contributed by atoms with Crippen molar-refractivity contribution >= 4 is 33.4 Å². The van der Waals surface area contributed by atoms with Gasteiger partial charge in [0.2, 0.25) is 0 Å². The first kappa shape index (κ1) is 23.9. The molecule has 1 fully saturated rings. The Morgan fingerprint density at radius 3 is 2.68 bits per heavy atom. The van der Waals surface area contributed by atoms with Crippen LogP contribution in [0.3, 0.4) is 0 Å². The van der Waals surface area contributed by atoms with Gasteiger partial charge in [-0.15, -0.1) is 0 Å². The summed E-state index contributed by atoms with van der Waals surface area (Å²) in [7, 11) is 0.0181. The molecule has 4 rings (SSSR count). The molecule has 1 saturated heterocycles. The number of hydrogen-bond donors (Lipinski definition) is 3. The summed E-state index contributed by atoms with van der Waals surface area (Å²) in [6.07, 6.45) is 9.98. The number of nitrogen functional groups attached to an aromatic ring is 1. The number of benzene rings is 1. The third kappa shape index (κ3) is 5.63. The number of nitrogens with two attached hydrogens (primary N) is 1. The van der Waals surface area contributed by atoms with Gasteiger partial charge in [-0.2, -0.15) is 0 Å². The van der Waals surface area contributed by atoms with Crippen molar-refractivity contribution in [3.05, 3.63) is 78.0 Å². The van der Waals surface area contributed by atoms with Gasteiger partial charge in [0.1, 0.15) is 29.8 Å². The fourth-order valence-electron chi connectivity index (χ4n) is 4.20. The van der Waals surface area contributed by atoms with Crippen molar-refractivity contribution in [2.75, 3.05) is 24.1 Å². The van der Waals surface area contributed by atoms with E-state index < -0.39 is 0 Å². The molecule has 4 N–H and O–H groups in total. The van der Waals surface area contributed by atoms with E-state index in [0.717, 1.165) is 37.3 Å². The number of aromatic nitrogens is 2. The summed E-state index contributed by atoms with van der Waals surface area (Å²) in [5.41, 5.74) is 7.90. The largest absolute Gasteiger partial charge is 0.486 e. The van der Waals surface area contributed by atoms with E-state index in [0.29, 0.717) is 29.3 Å². The molecule has 2 aromatic rings. The minimum Gasteiger partial charge on any atom is -0.486 e. The Balaban J connectivity index is 1.42. The predicted molar refractivity (Wildman–Crippen MR) is 144 cm³/mol. The Hall–Kier alpha value is -3.23. The zero-order chi connectivity index (χ0) is 23.9. The first-order valence-electron chi connectivity index (χ1n) is 11.5. The number of allylic oxidation sites excluding steroid dienone is 2. The summed E-state index contributed by atoms with van der Waals surface area (Å²) in [6, 6.07) is 10.0. The Kier molecular flexibility index (Phi) is 7.92. The highest BCUT2D eigenvalue weighted by molar-refractivity contribution is 8.15. The van der Waals surface area contributed by atoms with E-state index >= 15 is 0 Å². The monoisotopic (exact) mass is 476 g/mol. The lowest BCUT2D eigenvalue weighted by Crippen LogP contribution is -2.36. The molecule has 8 heteroatoms. The highest BCUT2D eigenvalue weighted by atomic mass is 32.2. The van der Waals surface area contributed by atoms with Crippen molar-refractivity contribution in [1.29, 1.82) is 5.41 Å². The molecule has 1 aromatic carbocycles. The van der Waals surface area contributed by atoms with Crippen LogP contribution in [0.1, 0.15) is 31.7 Å². The molecule has 7 nitrogen and oxygen atoms in total. The summed E-state index contributed by atoms with van der Waals surface area (Å²) in [6.45, 7) is 8.01. The standard InChI is InChI=1S/C26H32N6OS/c1-3-34(4-2)32-16-14-20(15-17-32)31-26-23(25(28)29-18-30-26)24(27)19-10-12-22(13-11-19)33-21-8-6-5-7-9-21/h3-12,18,20,22,27H,1,13-17H2,2H3,(H3,28,29,30,31). The van der Waals surface area contributed by atoms with Gasteiger partial charge in [0.05, 0.1) is 11.3 Å². The maximum atomic E-state index is 8.87. The summed E-state index contributed by atoms with van der Waals surface area (Å²) >= 11 is 0. The van der Waals surface area contributed by atoms with Gasteiger partial charge < -0.3 is 15.8 Å². The van der Waals surface area contributed by atoms with E-state index in [2.05, 4.69) is 38.5 Å². The van der Waals surface area contributed by atoms with E-state index in [4.69, 9.17) is 15.9 Å². The van der Waals surface area contributed by atoms with E-state index in [1.807, 2.05) is 54.0 Å². The number of ether oxygens (including phenoxy) is 1. The lowest BCUT2D eigenvalue weighted by molar-refractivity contribution is 0.251. The lowest BCUT2D eigenvalue weighted by Gasteiger charge is -2.33. The van der Waals surface area contributed by atoms with Crippen LogP contribution in [0, 0.1) is 5.41 Å². The average molecular weight is 477 g/mol. The van der Waals surface area contributed by atoms with Crippen LogP contribution in [0.25, 0.3) is 0 Å². The van der Waals surface area contributed by atoms with Crippen LogP contribution < -0.4 is 15.8 Å². The van der Waals surface area contributed by atoms with E-state index in [1.54, 1.807) is 0 Å². The first-order chi connectivity index (χ1) is 16.6. The number of para-hydroxylation sites is 1. The van der Waals surface area contributed by atoms with Crippen molar-refractivity contribution in [3.63, 3.8) is 0 Å². The van der Waals surface area contributed by atoms with E-state index in [-0.39, 0.29) is 22.8 Å². The fourth-order valence-corrected chi connectivity index (χ4v) is 5.54. The van der Waals surface area contributed by atoms with Gasteiger partial charge in [-0.05, 0) is 54.3 Å². The molecule has 1 aliphatic heterocycles. The Bertz CT molecular complexity index is 1120. The number of piperidine rings is 1. The zero-order valence-electron chi connectivity index (χ0n) is 19.5. The van der Waals surface area contributed by atoms with Gasteiger partial charge in [-0.25, -0.2) is 9.97 Å². The molecule has 0 bridgehead atoms. The van der Waals surface area contributed by atoms with Gasteiger partial charge in [-0.3, -0.25) is 9.71 Å². The lowest BCUT2D eigenvalue weighted by atomic mass is 9.96. The van der Waals surface area contributed by atoms with Gasteiger partial charge in [0.15, 0.2) is 0 Å². The topological polar surface area (TPSA) is 100 Å². The van der Waals surface area contributed by atoms with E-state index in [9.17, 15) is 0 Å². The molecule has 2 aliphatic rings. The number of rotatable bonds is 8. The molecule has 1 aromatic heterocycles. The minimum atomic E-state index is -0.0634. The second-order valence-corrected chi connectivity index (χ2v) is 10.2. The van der Waals surface area contributed by atoms with Crippen molar-refractivity contribution in [2.45, 2.75) is 38.3 Å². The van der Waals surface area contributed by atoms with Gasteiger partial charge >= 0.3 is 0 Å². The third-order valence-corrected chi connectivity index (χ3v) is 7.80. The highest BCUT2D eigenvalue weighted by Crippen LogP contribution is 2.29. The number of anilines is 2. The number of hydrogen-bond acceptors (Lipinski definition) is 7. The Morgan fingerprint density at radius 2 is 2.03 bits per heavy atom. The summed E-state index contributed by atoms with van der Waals surface area (Å²) in [4.78, 5) is 8.62. The van der Waals surface area contributed by atoms with Crippen LogP contribution >= 0.6 is 10.7 Å². The van der Waals surface area contributed by atoms with Crippen LogP contribution in [0.2, 0.25) is 0 Å². The first-order valence-corrected chi connectivity index (χ1v) is 12.8. The second-order valence-electron chi connectivity index (χ2n) is 8.18. The summed E-state index contributed by atoms with van der Waals surface area (Å²) < 4.78 is 8.46. The average Bonchev–Trinajstić information content (AvgIpc) is 2.87. The molecule has 0 radical (unpaired) electrons. The third-order valence-electron chi connectivity index (χ3n) is 6.01. The van der Waals surface area contributed by atoms with Crippen LogP contribution in [0.5, 0.6) is 5.75 Å². The molecule has 34 heavy (non-hydrogen) atoms. The molecule has 2 atom stereocenters. The Morgan fingerprint density at radius 1 is 1.26 bits per heavy atom. The van der Waals surface area contributed by atoms with Crippen LogP contribution in [0.4, 0.5) is 11.6 Å². The second kappa shape index (κ2) is 11.3. The maximum absolute atomic E-state index is 8.87. The summed E-state index contributed by atoms with van der Waals surface area (Å²) in [5, 5.41) is 16.6. The number of nitrogens with one attached hydrogen (secondary N) is 2. The smallest absolute Gasteiger partial charge is 0.141 e. The SMILES string of the molecule is C=C/S(=C\C)N1CCC(Nc2ncnc(N)c2C(=N)C2=CCC(Oc3ccccc3)C=C2)CC1. The molecule has 2 heterocycles. The van der Waals surface area contributed by atoms with E-state index in [1.165, 1.54) is 6.33 Å². The molecule has 0 amide bonds. The van der Waals surface area contributed by atoms with Gasteiger partial charge in [0.25, 0.3) is 0 Å². The van der Waals surface area contributed by atoms with Crippen molar-refractivity contribution in [2.24, 2.45) is 0 Å². The molecule has 0 spiro atoms.